The van der Waals surface area contributed by atoms with Gasteiger partial charge in [-0.25, -0.2) is 4.90 Å². The van der Waals surface area contributed by atoms with Gasteiger partial charge in [0.2, 0.25) is 0 Å². The Morgan fingerprint density at radius 1 is 0.938 bits per heavy atom. The number of rotatable bonds is 7. The lowest BCUT2D eigenvalue weighted by Crippen LogP contribution is -2.32. The van der Waals surface area contributed by atoms with Gasteiger partial charge in [-0.3, -0.25) is 9.59 Å². The average Bonchev–Trinajstić information content (AvgIpc) is 3.40. The molecule has 0 spiro atoms. The van der Waals surface area contributed by atoms with E-state index in [0.29, 0.717) is 33.3 Å². The van der Waals surface area contributed by atoms with E-state index in [1.807, 2.05) is 60.8 Å². The van der Waals surface area contributed by atoms with Crippen molar-refractivity contribution in [3.8, 4) is 11.5 Å². The molecule has 2 heterocycles. The predicted octanol–water partition coefficient (Wildman–Crippen LogP) is 4.23. The van der Waals surface area contributed by atoms with E-state index in [-0.39, 0.29) is 5.70 Å². The van der Waals surface area contributed by atoms with Gasteiger partial charge in [0, 0.05) is 36.4 Å². The van der Waals surface area contributed by atoms with Crippen LogP contribution in [0.25, 0.3) is 5.57 Å². The third-order valence-electron chi connectivity index (χ3n) is 5.13. The SMILES string of the molecule is COc1ccc(OC)c(N2C(=O)C(Nc3ccc(N(C)C)cc3)=C(c3cccs3)C2=O)c1. The highest BCUT2D eigenvalue weighted by molar-refractivity contribution is 7.11. The lowest BCUT2D eigenvalue weighted by molar-refractivity contribution is -0.120. The molecular formula is C24H23N3O4S. The first-order chi connectivity index (χ1) is 15.4. The number of nitrogens with one attached hydrogen (secondary N) is 1. The Bertz CT molecular complexity index is 1180. The lowest BCUT2D eigenvalue weighted by Gasteiger charge is -2.19. The number of hydrogen-bond donors (Lipinski definition) is 1. The van der Waals surface area contributed by atoms with Gasteiger partial charge in [-0.15, -0.1) is 11.3 Å². The van der Waals surface area contributed by atoms with Crippen molar-refractivity contribution in [3.63, 3.8) is 0 Å². The van der Waals surface area contributed by atoms with Gasteiger partial charge in [0.15, 0.2) is 0 Å². The monoisotopic (exact) mass is 449 g/mol. The van der Waals surface area contributed by atoms with Crippen LogP contribution in [0.5, 0.6) is 11.5 Å². The number of amides is 2. The Kier molecular flexibility index (Phi) is 5.87. The number of anilines is 3. The molecule has 0 unspecified atom stereocenters. The smallest absolute Gasteiger partial charge is 0.282 e. The number of hydrogen-bond acceptors (Lipinski definition) is 7. The summed E-state index contributed by atoms with van der Waals surface area (Å²) >= 11 is 1.40. The van der Waals surface area contributed by atoms with Crippen LogP contribution in [0.2, 0.25) is 0 Å². The molecule has 3 aromatic rings. The summed E-state index contributed by atoms with van der Waals surface area (Å²) in [5, 5.41) is 5.05. The van der Waals surface area contributed by atoms with Gasteiger partial charge >= 0.3 is 0 Å². The third kappa shape index (κ3) is 3.80. The maximum absolute atomic E-state index is 13.6. The molecule has 0 aliphatic carbocycles. The van der Waals surface area contributed by atoms with Crippen LogP contribution in [0.3, 0.4) is 0 Å². The van der Waals surface area contributed by atoms with Crippen molar-refractivity contribution >= 4 is 45.8 Å². The molecule has 4 rings (SSSR count). The molecule has 0 radical (unpaired) electrons. The van der Waals surface area contributed by atoms with Gasteiger partial charge in [-0.1, -0.05) is 6.07 Å². The minimum Gasteiger partial charge on any atom is -0.497 e. The van der Waals surface area contributed by atoms with Gasteiger partial charge < -0.3 is 19.7 Å². The van der Waals surface area contributed by atoms with Gasteiger partial charge in [0.1, 0.15) is 17.2 Å². The van der Waals surface area contributed by atoms with Crippen molar-refractivity contribution in [2.45, 2.75) is 0 Å². The average molecular weight is 450 g/mol. The van der Waals surface area contributed by atoms with Gasteiger partial charge in [-0.05, 0) is 47.8 Å². The molecule has 1 aliphatic rings. The fourth-order valence-electron chi connectivity index (χ4n) is 3.47. The number of ether oxygens (including phenoxy) is 2. The first-order valence-electron chi connectivity index (χ1n) is 9.88. The standard InChI is InChI=1S/C24H23N3O4S/c1-26(2)16-9-7-15(8-10-16)25-22-21(20-6-5-13-32-20)23(28)27(24(22)29)18-14-17(30-3)11-12-19(18)31-4/h5-14,25H,1-4H3. The van der Waals surface area contributed by atoms with Gasteiger partial charge in [0.05, 0.1) is 25.5 Å². The topological polar surface area (TPSA) is 71.1 Å². The second kappa shape index (κ2) is 8.76. The summed E-state index contributed by atoms with van der Waals surface area (Å²) < 4.78 is 10.7. The van der Waals surface area contributed by atoms with E-state index in [4.69, 9.17) is 9.47 Å². The van der Waals surface area contributed by atoms with Gasteiger partial charge in [-0.2, -0.15) is 0 Å². The van der Waals surface area contributed by atoms with E-state index in [0.717, 1.165) is 10.6 Å². The summed E-state index contributed by atoms with van der Waals surface area (Å²) in [5.74, 6) is 0.0347. The van der Waals surface area contributed by atoms with Crippen LogP contribution >= 0.6 is 11.3 Å². The van der Waals surface area contributed by atoms with Crippen molar-refractivity contribution in [1.82, 2.24) is 0 Å². The molecular weight excluding hydrogens is 426 g/mol. The summed E-state index contributed by atoms with van der Waals surface area (Å²) in [6.45, 7) is 0. The first-order valence-corrected chi connectivity index (χ1v) is 10.8. The van der Waals surface area contributed by atoms with Crippen molar-refractivity contribution in [3.05, 3.63) is 70.6 Å². The van der Waals surface area contributed by atoms with Crippen molar-refractivity contribution in [2.75, 3.05) is 43.4 Å². The van der Waals surface area contributed by atoms with Crippen molar-refractivity contribution in [2.24, 2.45) is 0 Å². The quantitative estimate of drug-likeness (QED) is 0.545. The van der Waals surface area contributed by atoms with E-state index in [2.05, 4.69) is 5.32 Å². The minimum atomic E-state index is -0.457. The number of carbonyl (C=O) groups is 2. The number of thiophene rings is 1. The van der Waals surface area contributed by atoms with E-state index in [1.165, 1.54) is 25.6 Å². The maximum Gasteiger partial charge on any atom is 0.282 e. The zero-order chi connectivity index (χ0) is 22.8. The predicted molar refractivity (Wildman–Crippen MR) is 128 cm³/mol. The lowest BCUT2D eigenvalue weighted by atomic mass is 10.1. The molecule has 0 fully saturated rings. The zero-order valence-corrected chi connectivity index (χ0v) is 19.0. The molecule has 1 aliphatic heterocycles. The van der Waals surface area contributed by atoms with Crippen LogP contribution in [0.15, 0.2) is 65.7 Å². The highest BCUT2D eigenvalue weighted by atomic mass is 32.1. The number of carbonyl (C=O) groups excluding carboxylic acids is 2. The van der Waals surface area contributed by atoms with E-state index in [1.54, 1.807) is 18.2 Å². The Balaban J connectivity index is 1.78. The summed E-state index contributed by atoms with van der Waals surface area (Å²) in [6.07, 6.45) is 0. The fourth-order valence-corrected chi connectivity index (χ4v) is 4.24. The molecule has 0 saturated heterocycles. The highest BCUT2D eigenvalue weighted by Crippen LogP contribution is 2.40. The van der Waals surface area contributed by atoms with E-state index in [9.17, 15) is 9.59 Å². The molecule has 7 nitrogen and oxygen atoms in total. The third-order valence-corrected chi connectivity index (χ3v) is 6.02. The van der Waals surface area contributed by atoms with E-state index < -0.39 is 11.8 Å². The van der Waals surface area contributed by atoms with E-state index >= 15 is 0 Å². The number of methoxy groups -OCH3 is 2. The van der Waals surface area contributed by atoms with Crippen LogP contribution in [-0.2, 0) is 9.59 Å². The molecule has 2 aromatic carbocycles. The molecule has 0 atom stereocenters. The summed E-state index contributed by atoms with van der Waals surface area (Å²) in [4.78, 5) is 30.9. The largest absolute Gasteiger partial charge is 0.497 e. The number of imide groups is 1. The van der Waals surface area contributed by atoms with Gasteiger partial charge in [0.25, 0.3) is 11.8 Å². The number of nitrogens with zero attached hydrogens (tertiary/aromatic N) is 2. The summed E-state index contributed by atoms with van der Waals surface area (Å²) in [5.41, 5.74) is 2.61. The molecule has 0 bridgehead atoms. The Hall–Kier alpha value is -3.78. The summed E-state index contributed by atoms with van der Waals surface area (Å²) in [6, 6.07) is 16.3. The maximum atomic E-state index is 13.6. The molecule has 1 N–H and O–H groups in total. The van der Waals surface area contributed by atoms with Crippen LogP contribution in [0.4, 0.5) is 17.1 Å². The first kappa shape index (κ1) is 21.5. The van der Waals surface area contributed by atoms with Crippen LogP contribution in [0.1, 0.15) is 4.88 Å². The normalized spacial score (nSPS) is 13.6. The van der Waals surface area contributed by atoms with Crippen molar-refractivity contribution in [1.29, 1.82) is 0 Å². The zero-order valence-electron chi connectivity index (χ0n) is 18.2. The number of benzene rings is 2. The van der Waals surface area contributed by atoms with Crippen LogP contribution in [0, 0.1) is 0 Å². The van der Waals surface area contributed by atoms with Crippen LogP contribution < -0.4 is 24.6 Å². The Labute approximate surface area is 190 Å². The second-order valence-electron chi connectivity index (χ2n) is 7.28. The molecule has 164 valence electrons. The van der Waals surface area contributed by atoms with Crippen LogP contribution in [-0.4, -0.2) is 40.1 Å². The highest BCUT2D eigenvalue weighted by Gasteiger charge is 2.42. The molecule has 0 saturated carbocycles. The second-order valence-corrected chi connectivity index (χ2v) is 8.22. The molecule has 8 heteroatoms. The minimum absolute atomic E-state index is 0.222. The Morgan fingerprint density at radius 2 is 1.69 bits per heavy atom. The molecule has 2 amide bonds. The molecule has 32 heavy (non-hydrogen) atoms. The molecule has 1 aromatic heterocycles. The van der Waals surface area contributed by atoms with Crippen molar-refractivity contribution < 1.29 is 19.1 Å². The fraction of sp³-hybridized carbons (Fsp3) is 0.167. The summed E-state index contributed by atoms with van der Waals surface area (Å²) in [7, 11) is 6.94. The Morgan fingerprint density at radius 3 is 2.28 bits per heavy atom.